The Labute approximate surface area is 133 Å². The maximum absolute atomic E-state index is 12.0. The molecule has 1 unspecified atom stereocenters. The molecule has 1 aromatic rings. The van der Waals surface area contributed by atoms with Crippen LogP contribution in [-0.2, 0) is 14.4 Å². The molecule has 0 aliphatic heterocycles. The molecule has 7 heteroatoms. The van der Waals surface area contributed by atoms with Gasteiger partial charge in [-0.25, -0.2) is 4.79 Å². The predicted molar refractivity (Wildman–Crippen MR) is 81.3 cm³/mol. The molecule has 0 heterocycles. The van der Waals surface area contributed by atoms with Gasteiger partial charge in [0.25, 0.3) is 0 Å². The number of rotatable bonds is 8. The molecule has 1 atom stereocenters. The summed E-state index contributed by atoms with van der Waals surface area (Å²) in [7, 11) is 0. The third-order valence-corrected chi connectivity index (χ3v) is 3.42. The van der Waals surface area contributed by atoms with Crippen molar-refractivity contribution in [2.45, 2.75) is 39.2 Å². The summed E-state index contributed by atoms with van der Waals surface area (Å²) >= 11 is 0. The molecule has 0 aliphatic rings. The van der Waals surface area contributed by atoms with E-state index in [4.69, 9.17) is 10.2 Å². The third kappa shape index (κ3) is 5.90. The Morgan fingerprint density at radius 1 is 1.04 bits per heavy atom. The fourth-order valence-corrected chi connectivity index (χ4v) is 1.93. The number of carboxylic acids is 2. The number of hydrogen-bond acceptors (Lipinski definition) is 4. The van der Waals surface area contributed by atoms with Crippen molar-refractivity contribution in [2.75, 3.05) is 0 Å². The maximum Gasteiger partial charge on any atom is 0.326 e. The molecule has 3 N–H and O–H groups in total. The topological polar surface area (TPSA) is 121 Å². The molecule has 7 nitrogen and oxygen atoms in total. The van der Waals surface area contributed by atoms with Crippen LogP contribution in [0.4, 0.5) is 0 Å². The Hall–Kier alpha value is -2.70. The van der Waals surface area contributed by atoms with E-state index in [1.54, 1.807) is 12.1 Å². The van der Waals surface area contributed by atoms with Gasteiger partial charge in [0.1, 0.15) is 6.04 Å². The molecule has 1 amide bonds. The molecular formula is C16H19NO6. The first-order valence-corrected chi connectivity index (χ1v) is 7.05. The minimum atomic E-state index is -1.50. The summed E-state index contributed by atoms with van der Waals surface area (Å²) in [6, 6.07) is 3.72. The van der Waals surface area contributed by atoms with E-state index in [0.717, 1.165) is 11.1 Å². The summed E-state index contributed by atoms with van der Waals surface area (Å²) in [5, 5.41) is 19.5. The van der Waals surface area contributed by atoms with Crippen LogP contribution in [0.25, 0.3) is 0 Å². The van der Waals surface area contributed by atoms with Crippen molar-refractivity contribution in [3.05, 3.63) is 34.9 Å². The van der Waals surface area contributed by atoms with Crippen LogP contribution < -0.4 is 5.32 Å². The second-order valence-corrected chi connectivity index (χ2v) is 5.28. The number of carbonyl (C=O) groups is 4. The summed E-state index contributed by atoms with van der Waals surface area (Å²) in [4.78, 5) is 45.1. The van der Waals surface area contributed by atoms with Gasteiger partial charge in [0, 0.05) is 18.4 Å². The summed E-state index contributed by atoms with van der Waals surface area (Å²) in [6.07, 6.45) is -0.991. The van der Waals surface area contributed by atoms with Crippen molar-refractivity contribution in [2.24, 2.45) is 0 Å². The number of benzene rings is 1. The summed E-state index contributed by atoms with van der Waals surface area (Å²) in [5.74, 6) is -3.66. The molecule has 0 fully saturated rings. The number of carbonyl (C=O) groups excluding carboxylic acids is 2. The normalized spacial score (nSPS) is 11.6. The van der Waals surface area contributed by atoms with E-state index in [9.17, 15) is 19.2 Å². The summed E-state index contributed by atoms with van der Waals surface area (Å²) < 4.78 is 0. The number of hydrogen-bond donors (Lipinski definition) is 3. The van der Waals surface area contributed by atoms with Gasteiger partial charge in [-0.1, -0.05) is 12.1 Å². The highest BCUT2D eigenvalue weighted by molar-refractivity contribution is 5.98. The van der Waals surface area contributed by atoms with Crippen molar-refractivity contribution >= 4 is 23.6 Å². The number of ketones is 1. The van der Waals surface area contributed by atoms with Crippen LogP contribution >= 0.6 is 0 Å². The van der Waals surface area contributed by atoms with Crippen LogP contribution in [0.3, 0.4) is 0 Å². The lowest BCUT2D eigenvalue weighted by Gasteiger charge is -2.12. The van der Waals surface area contributed by atoms with E-state index in [0.29, 0.717) is 5.56 Å². The van der Waals surface area contributed by atoms with Crippen molar-refractivity contribution in [1.29, 1.82) is 0 Å². The zero-order valence-electron chi connectivity index (χ0n) is 13.0. The first kappa shape index (κ1) is 18.3. The smallest absolute Gasteiger partial charge is 0.326 e. The standard InChI is InChI=1S/C16H19NO6/c1-9-3-4-11(7-10(9)2)13(18)5-6-14(19)17-12(16(22)23)8-15(20)21/h3-4,7,12H,5-6,8H2,1-2H3,(H,17,19)(H,20,21)(H,22,23). The van der Waals surface area contributed by atoms with E-state index in [-0.39, 0.29) is 18.6 Å². The minimum absolute atomic E-state index is 0.0757. The van der Waals surface area contributed by atoms with Gasteiger partial charge in [-0.3, -0.25) is 14.4 Å². The monoisotopic (exact) mass is 321 g/mol. The number of carboxylic acid groups (broad SMARTS) is 2. The SMILES string of the molecule is Cc1ccc(C(=O)CCC(=O)NC(CC(=O)O)C(=O)O)cc1C. The Morgan fingerprint density at radius 3 is 2.22 bits per heavy atom. The van der Waals surface area contributed by atoms with Gasteiger partial charge in [0.2, 0.25) is 5.91 Å². The average molecular weight is 321 g/mol. The molecule has 0 saturated carbocycles. The predicted octanol–water partition coefficient (Wildman–Crippen LogP) is 1.31. The largest absolute Gasteiger partial charge is 0.481 e. The Kier molecular flexibility index (Phi) is 6.44. The zero-order valence-corrected chi connectivity index (χ0v) is 13.0. The third-order valence-electron chi connectivity index (χ3n) is 3.42. The van der Waals surface area contributed by atoms with E-state index in [2.05, 4.69) is 5.32 Å². The fourth-order valence-electron chi connectivity index (χ4n) is 1.93. The summed E-state index contributed by atoms with van der Waals surface area (Å²) in [5.41, 5.74) is 2.51. The average Bonchev–Trinajstić information content (AvgIpc) is 2.46. The second kappa shape index (κ2) is 8.07. The second-order valence-electron chi connectivity index (χ2n) is 5.28. The molecule has 1 aromatic carbocycles. The molecule has 23 heavy (non-hydrogen) atoms. The van der Waals surface area contributed by atoms with Crippen LogP contribution in [0.15, 0.2) is 18.2 Å². The van der Waals surface area contributed by atoms with Gasteiger partial charge >= 0.3 is 11.9 Å². The van der Waals surface area contributed by atoms with Crippen LogP contribution in [0.5, 0.6) is 0 Å². The van der Waals surface area contributed by atoms with Crippen molar-refractivity contribution in [3.8, 4) is 0 Å². The van der Waals surface area contributed by atoms with Crippen LogP contribution in [0.1, 0.15) is 40.7 Å². The van der Waals surface area contributed by atoms with E-state index in [1.807, 2.05) is 19.9 Å². The van der Waals surface area contributed by atoms with Gasteiger partial charge in [-0.2, -0.15) is 0 Å². The lowest BCUT2D eigenvalue weighted by molar-refractivity contribution is -0.147. The Morgan fingerprint density at radius 2 is 1.70 bits per heavy atom. The first-order valence-electron chi connectivity index (χ1n) is 7.05. The molecule has 1 rings (SSSR count). The highest BCUT2D eigenvalue weighted by Gasteiger charge is 2.23. The van der Waals surface area contributed by atoms with Crippen molar-refractivity contribution in [1.82, 2.24) is 5.32 Å². The lowest BCUT2D eigenvalue weighted by Crippen LogP contribution is -2.42. The Balaban J connectivity index is 2.57. The van der Waals surface area contributed by atoms with Crippen molar-refractivity contribution in [3.63, 3.8) is 0 Å². The quantitative estimate of drug-likeness (QED) is 0.621. The molecule has 0 bridgehead atoms. The number of aliphatic carboxylic acids is 2. The van der Waals surface area contributed by atoms with E-state index < -0.39 is 30.3 Å². The first-order chi connectivity index (χ1) is 10.7. The van der Waals surface area contributed by atoms with Gasteiger partial charge in [-0.05, 0) is 31.0 Å². The minimum Gasteiger partial charge on any atom is -0.481 e. The zero-order chi connectivity index (χ0) is 17.6. The van der Waals surface area contributed by atoms with Crippen LogP contribution in [0, 0.1) is 13.8 Å². The Bertz CT molecular complexity index is 637. The molecule has 0 saturated heterocycles. The lowest BCUT2D eigenvalue weighted by atomic mass is 10.0. The molecule has 0 aliphatic carbocycles. The van der Waals surface area contributed by atoms with Crippen LogP contribution in [-0.4, -0.2) is 39.9 Å². The number of Topliss-reactive ketones (excluding diaryl/α,β-unsaturated/α-hetero) is 1. The number of nitrogens with one attached hydrogen (secondary N) is 1. The summed E-state index contributed by atoms with van der Waals surface area (Å²) in [6.45, 7) is 3.80. The highest BCUT2D eigenvalue weighted by atomic mass is 16.4. The molecule has 0 aromatic heterocycles. The molecule has 0 radical (unpaired) electrons. The van der Waals surface area contributed by atoms with Crippen molar-refractivity contribution < 1.29 is 29.4 Å². The maximum atomic E-state index is 12.0. The molecule has 0 spiro atoms. The number of aryl methyl sites for hydroxylation is 2. The number of amides is 1. The van der Waals surface area contributed by atoms with Crippen LogP contribution in [0.2, 0.25) is 0 Å². The molecule has 124 valence electrons. The van der Waals surface area contributed by atoms with Gasteiger partial charge in [0.05, 0.1) is 6.42 Å². The van der Waals surface area contributed by atoms with E-state index >= 15 is 0 Å². The fraction of sp³-hybridized carbons (Fsp3) is 0.375. The van der Waals surface area contributed by atoms with Gasteiger partial charge < -0.3 is 15.5 Å². The molecular weight excluding hydrogens is 302 g/mol. The highest BCUT2D eigenvalue weighted by Crippen LogP contribution is 2.12. The van der Waals surface area contributed by atoms with Gasteiger partial charge in [-0.15, -0.1) is 0 Å². The van der Waals surface area contributed by atoms with Gasteiger partial charge in [0.15, 0.2) is 5.78 Å². The van der Waals surface area contributed by atoms with E-state index in [1.165, 1.54) is 0 Å².